The number of rotatable bonds is 9. The average molecular weight is 289 g/mol. The quantitative estimate of drug-likeness (QED) is 0.759. The predicted octanol–water partition coefficient (Wildman–Crippen LogP) is 3.02. The van der Waals surface area contributed by atoms with Crippen LogP contribution < -0.4 is 0 Å². The van der Waals surface area contributed by atoms with Gasteiger partial charge in [0.2, 0.25) is 0 Å². The summed E-state index contributed by atoms with van der Waals surface area (Å²) in [6, 6.07) is 10.2. The molecule has 0 heterocycles. The number of nitrogens with zero attached hydrogens (tertiary/aromatic N) is 1. The maximum Gasteiger partial charge on any atom is 0.149 e. The van der Waals surface area contributed by atoms with Gasteiger partial charge in [-0.25, -0.2) is 0 Å². The van der Waals surface area contributed by atoms with Gasteiger partial charge >= 0.3 is 0 Å². The molecule has 0 aliphatic heterocycles. The van der Waals surface area contributed by atoms with Crippen LogP contribution in [-0.4, -0.2) is 35.0 Å². The Labute approximate surface area is 128 Å². The Morgan fingerprint density at radius 1 is 1.33 bits per heavy atom. The lowest BCUT2D eigenvalue weighted by atomic mass is 9.93. The number of likely N-dealkylation sites (N-methyl/N-ethyl adjacent to an activating group) is 1. The van der Waals surface area contributed by atoms with Gasteiger partial charge in [0.1, 0.15) is 5.78 Å². The van der Waals surface area contributed by atoms with Gasteiger partial charge in [0.15, 0.2) is 0 Å². The summed E-state index contributed by atoms with van der Waals surface area (Å²) in [7, 11) is 1.99. The summed E-state index contributed by atoms with van der Waals surface area (Å²) in [4.78, 5) is 14.5. The predicted molar refractivity (Wildman–Crippen MR) is 85.0 cm³/mol. The third-order valence-corrected chi connectivity index (χ3v) is 4.45. The molecule has 2 rings (SSSR count). The van der Waals surface area contributed by atoms with E-state index >= 15 is 0 Å². The van der Waals surface area contributed by atoms with Gasteiger partial charge in [-0.1, -0.05) is 37.3 Å². The number of hydrogen-bond acceptors (Lipinski definition) is 3. The summed E-state index contributed by atoms with van der Waals surface area (Å²) in [5.41, 5.74) is 0.789. The molecule has 1 saturated carbocycles. The standard InChI is InChI=1S/C18H27NO2/c1-3-16(9-10-18(21)11-12-18)17(20)14-19(2)13-15-7-5-4-6-8-15/h4-8,16,21H,3,9-14H2,1-2H3. The fourth-order valence-electron chi connectivity index (χ4n) is 2.78. The molecule has 0 amide bonds. The zero-order valence-corrected chi connectivity index (χ0v) is 13.2. The molecule has 1 fully saturated rings. The monoisotopic (exact) mass is 289 g/mol. The van der Waals surface area contributed by atoms with Crippen LogP contribution in [0.5, 0.6) is 0 Å². The van der Waals surface area contributed by atoms with Gasteiger partial charge in [-0.2, -0.15) is 0 Å². The molecule has 1 unspecified atom stereocenters. The highest BCUT2D eigenvalue weighted by atomic mass is 16.3. The highest BCUT2D eigenvalue weighted by molar-refractivity contribution is 5.82. The number of benzene rings is 1. The van der Waals surface area contributed by atoms with Gasteiger partial charge in [0.05, 0.1) is 12.1 Å². The Morgan fingerprint density at radius 3 is 2.57 bits per heavy atom. The van der Waals surface area contributed by atoms with Crippen molar-refractivity contribution in [3.8, 4) is 0 Å². The second-order valence-corrected chi connectivity index (χ2v) is 6.49. The molecule has 0 spiro atoms. The van der Waals surface area contributed by atoms with E-state index in [0.717, 1.165) is 38.6 Å². The van der Waals surface area contributed by atoms with Crippen LogP contribution in [0.3, 0.4) is 0 Å². The molecule has 1 aromatic carbocycles. The second kappa shape index (κ2) is 7.19. The van der Waals surface area contributed by atoms with E-state index in [4.69, 9.17) is 0 Å². The van der Waals surface area contributed by atoms with Gasteiger partial charge < -0.3 is 5.11 Å². The first-order chi connectivity index (χ1) is 10.0. The molecule has 0 aromatic heterocycles. The third-order valence-electron chi connectivity index (χ3n) is 4.45. The van der Waals surface area contributed by atoms with Crippen LogP contribution >= 0.6 is 0 Å². The van der Waals surface area contributed by atoms with Gasteiger partial charge in [-0.05, 0) is 44.7 Å². The molecule has 1 aliphatic rings. The normalized spacial score (nSPS) is 17.7. The van der Waals surface area contributed by atoms with Gasteiger partial charge in [-0.3, -0.25) is 9.69 Å². The summed E-state index contributed by atoms with van der Waals surface area (Å²) in [5, 5.41) is 9.91. The van der Waals surface area contributed by atoms with Crippen LogP contribution in [0.25, 0.3) is 0 Å². The summed E-state index contributed by atoms with van der Waals surface area (Å²) in [6.07, 6.45) is 4.29. The van der Waals surface area contributed by atoms with Crippen molar-refractivity contribution >= 4 is 5.78 Å². The molecule has 3 nitrogen and oxygen atoms in total. The largest absolute Gasteiger partial charge is 0.390 e. The number of aliphatic hydroxyl groups is 1. The van der Waals surface area contributed by atoms with Gasteiger partial charge in [-0.15, -0.1) is 0 Å². The Morgan fingerprint density at radius 2 is 2.00 bits per heavy atom. The SMILES string of the molecule is CCC(CCC1(O)CC1)C(=O)CN(C)Cc1ccccc1. The number of Topliss-reactive ketones (excluding diaryl/α,β-unsaturated/α-hetero) is 1. The van der Waals surface area contributed by atoms with Crippen molar-refractivity contribution in [2.24, 2.45) is 5.92 Å². The van der Waals surface area contributed by atoms with Gasteiger partial charge in [0, 0.05) is 12.5 Å². The molecule has 1 aliphatic carbocycles. The van der Waals surface area contributed by atoms with Crippen molar-refractivity contribution in [2.45, 2.75) is 51.2 Å². The Hall–Kier alpha value is -1.19. The number of carbonyl (C=O) groups is 1. The second-order valence-electron chi connectivity index (χ2n) is 6.49. The van der Waals surface area contributed by atoms with Crippen molar-refractivity contribution < 1.29 is 9.90 Å². The van der Waals surface area contributed by atoms with E-state index in [-0.39, 0.29) is 5.92 Å². The first kappa shape index (κ1) is 16.2. The minimum absolute atomic E-state index is 0.0906. The van der Waals surface area contributed by atoms with E-state index in [0.29, 0.717) is 12.3 Å². The average Bonchev–Trinajstić information content (AvgIpc) is 3.18. The third kappa shape index (κ3) is 5.25. The van der Waals surface area contributed by atoms with Crippen LogP contribution in [0.15, 0.2) is 30.3 Å². The highest BCUT2D eigenvalue weighted by Gasteiger charge is 2.40. The first-order valence-electron chi connectivity index (χ1n) is 8.00. The smallest absolute Gasteiger partial charge is 0.149 e. The molecule has 3 heteroatoms. The van der Waals surface area contributed by atoms with Crippen molar-refractivity contribution in [2.75, 3.05) is 13.6 Å². The van der Waals surface area contributed by atoms with Crippen LogP contribution in [0, 0.1) is 5.92 Å². The molecule has 0 radical (unpaired) electrons. The minimum Gasteiger partial charge on any atom is -0.390 e. The van der Waals surface area contributed by atoms with Crippen LogP contribution in [-0.2, 0) is 11.3 Å². The first-order valence-corrected chi connectivity index (χ1v) is 8.00. The topological polar surface area (TPSA) is 40.5 Å². The van der Waals surface area contributed by atoms with E-state index in [2.05, 4.69) is 24.0 Å². The molecule has 0 saturated heterocycles. The fourth-order valence-corrected chi connectivity index (χ4v) is 2.78. The summed E-state index contributed by atoms with van der Waals surface area (Å²) >= 11 is 0. The fraction of sp³-hybridized carbons (Fsp3) is 0.611. The van der Waals surface area contributed by atoms with Crippen molar-refractivity contribution in [3.63, 3.8) is 0 Å². The minimum atomic E-state index is -0.441. The summed E-state index contributed by atoms with van der Waals surface area (Å²) < 4.78 is 0. The van der Waals surface area contributed by atoms with E-state index in [1.165, 1.54) is 5.56 Å². The molecule has 1 N–H and O–H groups in total. The van der Waals surface area contributed by atoms with Crippen molar-refractivity contribution in [1.82, 2.24) is 4.90 Å². The lowest BCUT2D eigenvalue weighted by Crippen LogP contribution is -2.30. The van der Waals surface area contributed by atoms with E-state index < -0.39 is 5.60 Å². The Kier molecular flexibility index (Phi) is 5.54. The molecule has 1 atom stereocenters. The number of carbonyl (C=O) groups excluding carboxylic acids is 1. The van der Waals surface area contributed by atoms with Crippen LogP contribution in [0.4, 0.5) is 0 Å². The molecular formula is C18H27NO2. The van der Waals surface area contributed by atoms with Crippen molar-refractivity contribution in [1.29, 1.82) is 0 Å². The Bertz CT molecular complexity index is 454. The Balaban J connectivity index is 1.78. The zero-order chi connectivity index (χ0) is 15.3. The van der Waals surface area contributed by atoms with Gasteiger partial charge in [0.25, 0.3) is 0 Å². The summed E-state index contributed by atoms with van der Waals surface area (Å²) in [6.45, 7) is 3.36. The zero-order valence-electron chi connectivity index (χ0n) is 13.2. The number of ketones is 1. The molecule has 116 valence electrons. The van der Waals surface area contributed by atoms with E-state index in [1.54, 1.807) is 0 Å². The van der Waals surface area contributed by atoms with Crippen LogP contribution in [0.2, 0.25) is 0 Å². The van der Waals surface area contributed by atoms with Crippen molar-refractivity contribution in [3.05, 3.63) is 35.9 Å². The molecule has 0 bridgehead atoms. The van der Waals surface area contributed by atoms with E-state index in [9.17, 15) is 9.90 Å². The lowest BCUT2D eigenvalue weighted by Gasteiger charge is -2.21. The summed E-state index contributed by atoms with van der Waals surface area (Å²) in [5.74, 6) is 0.396. The molecule has 1 aromatic rings. The molecule has 21 heavy (non-hydrogen) atoms. The van der Waals surface area contributed by atoms with E-state index in [1.807, 2.05) is 25.2 Å². The molecular weight excluding hydrogens is 262 g/mol. The highest BCUT2D eigenvalue weighted by Crippen LogP contribution is 2.40. The lowest BCUT2D eigenvalue weighted by molar-refractivity contribution is -0.124. The maximum atomic E-state index is 12.4. The van der Waals surface area contributed by atoms with Crippen LogP contribution in [0.1, 0.15) is 44.6 Å². The maximum absolute atomic E-state index is 12.4. The number of hydrogen-bond donors (Lipinski definition) is 1.